The summed E-state index contributed by atoms with van der Waals surface area (Å²) in [5.41, 5.74) is 1.10. The van der Waals surface area contributed by atoms with Crippen LogP contribution in [-0.4, -0.2) is 48.1 Å². The van der Waals surface area contributed by atoms with Crippen LogP contribution in [0.4, 0.5) is 0 Å². The molecule has 1 aromatic carbocycles. The van der Waals surface area contributed by atoms with Gasteiger partial charge in [-0.25, -0.2) is 0 Å². The van der Waals surface area contributed by atoms with Gasteiger partial charge in [0.2, 0.25) is 0 Å². The molecule has 0 spiro atoms. The Labute approximate surface area is 154 Å². The molecule has 0 aliphatic carbocycles. The first kappa shape index (κ1) is 20.6. The summed E-state index contributed by atoms with van der Waals surface area (Å²) in [7, 11) is 0. The molecule has 1 heterocycles. The van der Waals surface area contributed by atoms with Crippen LogP contribution in [0.1, 0.15) is 45.1 Å². The van der Waals surface area contributed by atoms with Gasteiger partial charge >= 0.3 is 5.97 Å². The standard InChI is InChI=1S/C20H28O6/c1-20(2)25-14-16(26-20)9-6-12-24-18(17(21)13-19(22)23)11-10-15-7-4-3-5-8-15/h3-5,7-8,16,18H,6,9-14H2,1-2H3,(H,22,23). The molecule has 0 saturated carbocycles. The Kier molecular flexibility index (Phi) is 7.75. The first-order chi connectivity index (χ1) is 12.4. The van der Waals surface area contributed by atoms with Gasteiger partial charge in [0.1, 0.15) is 12.5 Å². The third-order valence-electron chi connectivity index (χ3n) is 4.28. The number of ether oxygens (including phenoxy) is 3. The fraction of sp³-hybridized carbons (Fsp3) is 0.600. The molecule has 2 rings (SSSR count). The molecule has 1 aromatic rings. The highest BCUT2D eigenvalue weighted by molar-refractivity contribution is 5.97. The average Bonchev–Trinajstić information content (AvgIpc) is 2.93. The van der Waals surface area contributed by atoms with Crippen LogP contribution in [0.25, 0.3) is 0 Å². The van der Waals surface area contributed by atoms with Crippen LogP contribution in [0.15, 0.2) is 30.3 Å². The highest BCUT2D eigenvalue weighted by atomic mass is 16.7. The van der Waals surface area contributed by atoms with Gasteiger partial charge in [-0.05, 0) is 45.1 Å². The Morgan fingerprint density at radius 1 is 1.31 bits per heavy atom. The predicted octanol–water partition coefficient (Wildman–Crippen LogP) is 2.98. The fourth-order valence-corrected chi connectivity index (χ4v) is 2.98. The minimum absolute atomic E-state index is 0.0334. The van der Waals surface area contributed by atoms with Crippen LogP contribution in [0, 0.1) is 0 Å². The molecule has 6 nitrogen and oxygen atoms in total. The van der Waals surface area contributed by atoms with E-state index in [4.69, 9.17) is 19.3 Å². The smallest absolute Gasteiger partial charge is 0.310 e. The second-order valence-corrected chi connectivity index (χ2v) is 7.01. The molecule has 144 valence electrons. The second kappa shape index (κ2) is 9.80. The maximum atomic E-state index is 12.2. The molecule has 2 atom stereocenters. The molecular weight excluding hydrogens is 336 g/mol. The number of carboxylic acids is 1. The number of hydrogen-bond donors (Lipinski definition) is 1. The van der Waals surface area contributed by atoms with Crippen LogP contribution in [0.2, 0.25) is 0 Å². The number of carbonyl (C=O) groups excluding carboxylic acids is 1. The molecule has 0 radical (unpaired) electrons. The van der Waals surface area contributed by atoms with Gasteiger partial charge in [0.15, 0.2) is 11.6 Å². The molecule has 0 bridgehead atoms. The lowest BCUT2D eigenvalue weighted by Crippen LogP contribution is -2.28. The Morgan fingerprint density at radius 3 is 2.65 bits per heavy atom. The molecule has 26 heavy (non-hydrogen) atoms. The summed E-state index contributed by atoms with van der Waals surface area (Å²) in [6.07, 6.45) is 1.49. The van der Waals surface area contributed by atoms with Crippen molar-refractivity contribution in [1.29, 1.82) is 0 Å². The quantitative estimate of drug-likeness (QED) is 0.480. The van der Waals surface area contributed by atoms with Crippen molar-refractivity contribution in [2.24, 2.45) is 0 Å². The van der Waals surface area contributed by atoms with Crippen molar-refractivity contribution >= 4 is 11.8 Å². The molecule has 1 saturated heterocycles. The van der Waals surface area contributed by atoms with Crippen LogP contribution >= 0.6 is 0 Å². The number of benzene rings is 1. The van der Waals surface area contributed by atoms with Gasteiger partial charge in [0.25, 0.3) is 0 Å². The summed E-state index contributed by atoms with van der Waals surface area (Å²) in [6, 6.07) is 9.78. The Hall–Kier alpha value is -1.76. The molecule has 1 N–H and O–H groups in total. The van der Waals surface area contributed by atoms with E-state index in [1.54, 1.807) is 0 Å². The van der Waals surface area contributed by atoms with Crippen molar-refractivity contribution in [1.82, 2.24) is 0 Å². The molecule has 0 aromatic heterocycles. The van der Waals surface area contributed by atoms with E-state index in [2.05, 4.69) is 0 Å². The van der Waals surface area contributed by atoms with Gasteiger partial charge in [-0.15, -0.1) is 0 Å². The van der Waals surface area contributed by atoms with Crippen LogP contribution in [-0.2, 0) is 30.2 Å². The zero-order valence-electron chi connectivity index (χ0n) is 15.5. The van der Waals surface area contributed by atoms with Crippen molar-refractivity contribution in [3.63, 3.8) is 0 Å². The van der Waals surface area contributed by atoms with Crippen molar-refractivity contribution in [2.45, 2.75) is 63.9 Å². The Bertz CT molecular complexity index is 583. The first-order valence-corrected chi connectivity index (χ1v) is 9.07. The molecule has 1 aliphatic heterocycles. The lowest BCUT2D eigenvalue weighted by atomic mass is 10.0. The van der Waals surface area contributed by atoms with E-state index in [1.807, 2.05) is 44.2 Å². The number of aryl methyl sites for hydroxylation is 1. The summed E-state index contributed by atoms with van der Waals surface area (Å²) in [5.74, 6) is -2.04. The van der Waals surface area contributed by atoms with Gasteiger partial charge in [0.05, 0.1) is 12.7 Å². The fourth-order valence-electron chi connectivity index (χ4n) is 2.98. The van der Waals surface area contributed by atoms with Crippen LogP contribution in [0.5, 0.6) is 0 Å². The molecular formula is C20H28O6. The minimum Gasteiger partial charge on any atom is -0.481 e. The lowest BCUT2D eigenvalue weighted by molar-refractivity contribution is -0.144. The van der Waals surface area contributed by atoms with E-state index in [-0.39, 0.29) is 11.9 Å². The number of aliphatic carboxylic acids is 1. The zero-order chi connectivity index (χ0) is 19.0. The maximum absolute atomic E-state index is 12.2. The number of rotatable bonds is 11. The predicted molar refractivity (Wildman–Crippen MR) is 95.9 cm³/mol. The van der Waals surface area contributed by atoms with Gasteiger partial charge in [-0.3, -0.25) is 9.59 Å². The summed E-state index contributed by atoms with van der Waals surface area (Å²) >= 11 is 0. The number of Topliss-reactive ketones (excluding diaryl/α,β-unsaturated/α-hetero) is 1. The molecule has 1 fully saturated rings. The van der Waals surface area contributed by atoms with E-state index in [1.165, 1.54) is 0 Å². The monoisotopic (exact) mass is 364 g/mol. The van der Waals surface area contributed by atoms with E-state index in [9.17, 15) is 9.59 Å². The van der Waals surface area contributed by atoms with E-state index >= 15 is 0 Å². The summed E-state index contributed by atoms with van der Waals surface area (Å²) in [4.78, 5) is 23.0. The minimum atomic E-state index is -1.12. The van der Waals surface area contributed by atoms with Crippen LogP contribution < -0.4 is 0 Å². The third-order valence-corrected chi connectivity index (χ3v) is 4.28. The first-order valence-electron chi connectivity index (χ1n) is 9.07. The molecule has 1 aliphatic rings. The number of carbonyl (C=O) groups is 2. The highest BCUT2D eigenvalue weighted by Crippen LogP contribution is 2.24. The topological polar surface area (TPSA) is 82.1 Å². The summed E-state index contributed by atoms with van der Waals surface area (Å²) < 4.78 is 17.0. The maximum Gasteiger partial charge on any atom is 0.310 e. The van der Waals surface area contributed by atoms with Crippen molar-refractivity contribution in [2.75, 3.05) is 13.2 Å². The van der Waals surface area contributed by atoms with E-state index in [0.29, 0.717) is 26.1 Å². The number of ketones is 1. The normalized spacial score (nSPS) is 20.0. The lowest BCUT2D eigenvalue weighted by Gasteiger charge is -2.18. The van der Waals surface area contributed by atoms with Crippen molar-refractivity contribution < 1.29 is 28.9 Å². The molecule has 6 heteroatoms. The van der Waals surface area contributed by atoms with Gasteiger partial charge < -0.3 is 19.3 Å². The number of carboxylic acid groups (broad SMARTS) is 1. The third kappa shape index (κ3) is 7.23. The Morgan fingerprint density at radius 2 is 2.04 bits per heavy atom. The summed E-state index contributed by atoms with van der Waals surface area (Å²) in [6.45, 7) is 4.72. The van der Waals surface area contributed by atoms with Gasteiger partial charge in [-0.1, -0.05) is 30.3 Å². The second-order valence-electron chi connectivity index (χ2n) is 7.01. The molecule has 0 amide bonds. The Balaban J connectivity index is 1.77. The highest BCUT2D eigenvalue weighted by Gasteiger charge is 2.32. The van der Waals surface area contributed by atoms with Gasteiger partial charge in [0, 0.05) is 6.61 Å². The largest absolute Gasteiger partial charge is 0.481 e. The summed E-state index contributed by atoms with van der Waals surface area (Å²) in [5, 5.41) is 8.88. The van der Waals surface area contributed by atoms with E-state index < -0.39 is 24.3 Å². The SMILES string of the molecule is CC1(C)OCC(CCCOC(CCc2ccccc2)C(=O)CC(=O)O)O1. The van der Waals surface area contributed by atoms with Crippen molar-refractivity contribution in [3.05, 3.63) is 35.9 Å². The average molecular weight is 364 g/mol. The zero-order valence-corrected chi connectivity index (χ0v) is 15.5. The molecule has 2 unspecified atom stereocenters. The van der Waals surface area contributed by atoms with Gasteiger partial charge in [-0.2, -0.15) is 0 Å². The van der Waals surface area contributed by atoms with Crippen LogP contribution in [0.3, 0.4) is 0 Å². The van der Waals surface area contributed by atoms with Crippen molar-refractivity contribution in [3.8, 4) is 0 Å². The number of hydrogen-bond acceptors (Lipinski definition) is 5. The van der Waals surface area contributed by atoms with E-state index in [0.717, 1.165) is 18.4 Å².